The monoisotopic (exact) mass is 354 g/mol. The fraction of sp³-hybridized carbons (Fsp3) is 0.409. The van der Waals surface area contributed by atoms with E-state index in [9.17, 15) is 4.79 Å². The summed E-state index contributed by atoms with van der Waals surface area (Å²) >= 11 is 0. The summed E-state index contributed by atoms with van der Waals surface area (Å²) in [6, 6.07) is 18.1. The highest BCUT2D eigenvalue weighted by atomic mass is 16.5. The summed E-state index contributed by atoms with van der Waals surface area (Å²) in [5.41, 5.74) is 2.63. The standard InChI is InChI=1S/C22H30N2O2/c1-22(2,3)18-13-11-17(12-14-18)20(24(4)5)15-23-21(25)16-26-19-9-7-6-8-10-19/h6-14,20H,15-16H2,1-5H3,(H,23,25)/t20-/m0/s1. The summed E-state index contributed by atoms with van der Waals surface area (Å²) in [7, 11) is 4.05. The molecule has 0 spiro atoms. The number of likely N-dealkylation sites (N-methyl/N-ethyl adjacent to an activating group) is 1. The molecule has 2 rings (SSSR count). The van der Waals surface area contributed by atoms with Gasteiger partial charge in [-0.2, -0.15) is 0 Å². The fourth-order valence-electron chi connectivity index (χ4n) is 2.73. The van der Waals surface area contributed by atoms with Crippen LogP contribution in [0.15, 0.2) is 54.6 Å². The highest BCUT2D eigenvalue weighted by Gasteiger charge is 2.18. The van der Waals surface area contributed by atoms with Crippen LogP contribution in [0.1, 0.15) is 37.9 Å². The number of nitrogens with zero attached hydrogens (tertiary/aromatic N) is 1. The molecule has 0 bridgehead atoms. The predicted octanol–water partition coefficient (Wildman–Crippen LogP) is 3.78. The number of amides is 1. The third-order valence-electron chi connectivity index (χ3n) is 4.39. The first kappa shape index (κ1) is 20.0. The number of benzene rings is 2. The molecule has 0 heterocycles. The molecule has 1 N–H and O–H groups in total. The first-order valence-corrected chi connectivity index (χ1v) is 8.99. The highest BCUT2D eigenvalue weighted by Crippen LogP contribution is 2.25. The van der Waals surface area contributed by atoms with Crippen molar-refractivity contribution in [1.82, 2.24) is 10.2 Å². The van der Waals surface area contributed by atoms with Crippen LogP contribution in [0.5, 0.6) is 5.75 Å². The van der Waals surface area contributed by atoms with Crippen molar-refractivity contribution >= 4 is 5.91 Å². The lowest BCUT2D eigenvalue weighted by atomic mass is 9.86. The summed E-state index contributed by atoms with van der Waals surface area (Å²) in [4.78, 5) is 14.2. The molecule has 0 aromatic heterocycles. The van der Waals surface area contributed by atoms with Crippen molar-refractivity contribution in [2.24, 2.45) is 0 Å². The molecule has 2 aromatic carbocycles. The Morgan fingerprint density at radius 2 is 1.65 bits per heavy atom. The van der Waals surface area contributed by atoms with E-state index in [4.69, 9.17) is 4.74 Å². The number of carbonyl (C=O) groups excluding carboxylic acids is 1. The molecule has 4 nitrogen and oxygen atoms in total. The molecule has 0 radical (unpaired) electrons. The molecule has 0 aliphatic rings. The second-order valence-electron chi connectivity index (χ2n) is 7.76. The number of ether oxygens (including phenoxy) is 1. The minimum Gasteiger partial charge on any atom is -0.484 e. The second-order valence-corrected chi connectivity index (χ2v) is 7.76. The van der Waals surface area contributed by atoms with Gasteiger partial charge in [0.25, 0.3) is 5.91 Å². The van der Waals surface area contributed by atoms with Crippen LogP contribution in [0, 0.1) is 0 Å². The Morgan fingerprint density at radius 1 is 1.04 bits per heavy atom. The number of hydrogen-bond acceptors (Lipinski definition) is 3. The van der Waals surface area contributed by atoms with Crippen LogP contribution in [0.25, 0.3) is 0 Å². The molecular formula is C22H30N2O2. The van der Waals surface area contributed by atoms with Crippen LogP contribution in [-0.4, -0.2) is 38.1 Å². The van der Waals surface area contributed by atoms with E-state index >= 15 is 0 Å². The van der Waals surface area contributed by atoms with Crippen molar-refractivity contribution in [3.8, 4) is 5.75 Å². The average Bonchev–Trinajstić information content (AvgIpc) is 2.60. The van der Waals surface area contributed by atoms with Gasteiger partial charge in [0.2, 0.25) is 0 Å². The Bertz CT molecular complexity index is 688. The van der Waals surface area contributed by atoms with Gasteiger partial charge in [-0.1, -0.05) is 63.2 Å². The topological polar surface area (TPSA) is 41.6 Å². The van der Waals surface area contributed by atoms with Crippen LogP contribution in [0.2, 0.25) is 0 Å². The molecule has 26 heavy (non-hydrogen) atoms. The number of hydrogen-bond donors (Lipinski definition) is 1. The minimum absolute atomic E-state index is 0.0210. The van der Waals surface area contributed by atoms with Gasteiger partial charge in [-0.25, -0.2) is 0 Å². The van der Waals surface area contributed by atoms with E-state index in [1.807, 2.05) is 44.4 Å². The van der Waals surface area contributed by atoms with E-state index in [1.165, 1.54) is 11.1 Å². The molecule has 140 valence electrons. The van der Waals surface area contributed by atoms with Gasteiger partial charge < -0.3 is 15.0 Å². The van der Waals surface area contributed by atoms with Gasteiger partial charge >= 0.3 is 0 Å². The van der Waals surface area contributed by atoms with E-state index in [2.05, 4.69) is 55.3 Å². The van der Waals surface area contributed by atoms with Gasteiger partial charge in [-0.15, -0.1) is 0 Å². The largest absolute Gasteiger partial charge is 0.484 e. The third kappa shape index (κ3) is 5.88. The normalized spacial score (nSPS) is 12.7. The van der Waals surface area contributed by atoms with E-state index < -0.39 is 0 Å². The van der Waals surface area contributed by atoms with E-state index in [0.717, 1.165) is 0 Å². The average molecular weight is 354 g/mol. The number of para-hydroxylation sites is 1. The Kier molecular flexibility index (Phi) is 6.81. The Balaban J connectivity index is 1.92. The summed E-state index contributed by atoms with van der Waals surface area (Å²) in [5.74, 6) is 0.580. The van der Waals surface area contributed by atoms with Gasteiger partial charge in [0, 0.05) is 6.54 Å². The minimum atomic E-state index is -0.119. The van der Waals surface area contributed by atoms with Gasteiger partial charge in [0.05, 0.1) is 6.04 Å². The van der Waals surface area contributed by atoms with Gasteiger partial charge in [0.1, 0.15) is 5.75 Å². The summed E-state index contributed by atoms with van der Waals surface area (Å²) in [6.45, 7) is 7.18. The Morgan fingerprint density at radius 3 is 2.19 bits per heavy atom. The smallest absolute Gasteiger partial charge is 0.258 e. The lowest BCUT2D eigenvalue weighted by molar-refractivity contribution is -0.123. The maximum atomic E-state index is 12.1. The number of nitrogens with one attached hydrogen (secondary N) is 1. The number of rotatable bonds is 7. The third-order valence-corrected chi connectivity index (χ3v) is 4.39. The highest BCUT2D eigenvalue weighted by molar-refractivity contribution is 5.77. The lowest BCUT2D eigenvalue weighted by Crippen LogP contribution is -2.36. The summed E-state index contributed by atoms with van der Waals surface area (Å²) in [5, 5.41) is 2.97. The summed E-state index contributed by atoms with van der Waals surface area (Å²) in [6.07, 6.45) is 0. The molecule has 0 saturated carbocycles. The molecule has 1 atom stereocenters. The lowest BCUT2D eigenvalue weighted by Gasteiger charge is -2.26. The summed E-state index contributed by atoms with van der Waals surface area (Å²) < 4.78 is 5.49. The SMILES string of the molecule is CN(C)[C@@H](CNC(=O)COc1ccccc1)c1ccc(C(C)(C)C)cc1. The molecule has 0 saturated heterocycles. The molecule has 0 aliphatic heterocycles. The molecule has 1 amide bonds. The van der Waals surface area contributed by atoms with E-state index in [-0.39, 0.29) is 24.0 Å². The van der Waals surface area contributed by atoms with Crippen molar-refractivity contribution in [3.63, 3.8) is 0 Å². The quantitative estimate of drug-likeness (QED) is 0.823. The van der Waals surface area contributed by atoms with E-state index in [1.54, 1.807) is 0 Å². The molecule has 0 fully saturated rings. The molecule has 4 heteroatoms. The Hall–Kier alpha value is -2.33. The van der Waals surface area contributed by atoms with Crippen LogP contribution in [-0.2, 0) is 10.2 Å². The van der Waals surface area contributed by atoms with Crippen molar-refractivity contribution in [1.29, 1.82) is 0 Å². The molecule has 0 unspecified atom stereocenters. The van der Waals surface area contributed by atoms with Crippen LogP contribution in [0.4, 0.5) is 0 Å². The van der Waals surface area contributed by atoms with Crippen molar-refractivity contribution in [2.45, 2.75) is 32.2 Å². The van der Waals surface area contributed by atoms with Crippen LogP contribution >= 0.6 is 0 Å². The van der Waals surface area contributed by atoms with Gasteiger partial charge in [-0.3, -0.25) is 4.79 Å². The molecular weight excluding hydrogens is 324 g/mol. The van der Waals surface area contributed by atoms with E-state index in [0.29, 0.717) is 12.3 Å². The first-order chi connectivity index (χ1) is 12.3. The van der Waals surface area contributed by atoms with Crippen LogP contribution in [0.3, 0.4) is 0 Å². The molecule has 0 aliphatic carbocycles. The van der Waals surface area contributed by atoms with Crippen molar-refractivity contribution in [2.75, 3.05) is 27.2 Å². The zero-order valence-corrected chi connectivity index (χ0v) is 16.5. The first-order valence-electron chi connectivity index (χ1n) is 8.99. The number of carbonyl (C=O) groups is 1. The molecule has 2 aromatic rings. The zero-order chi connectivity index (χ0) is 19.2. The fourth-order valence-corrected chi connectivity index (χ4v) is 2.73. The van der Waals surface area contributed by atoms with Crippen molar-refractivity contribution in [3.05, 3.63) is 65.7 Å². The zero-order valence-electron chi connectivity index (χ0n) is 16.5. The Labute approximate surface area is 157 Å². The maximum absolute atomic E-state index is 12.1. The second kappa shape index (κ2) is 8.86. The maximum Gasteiger partial charge on any atom is 0.258 e. The van der Waals surface area contributed by atoms with Crippen LogP contribution < -0.4 is 10.1 Å². The van der Waals surface area contributed by atoms with Crippen molar-refractivity contribution < 1.29 is 9.53 Å². The van der Waals surface area contributed by atoms with Gasteiger partial charge in [0.15, 0.2) is 6.61 Å². The predicted molar refractivity (Wildman–Crippen MR) is 107 cm³/mol. The van der Waals surface area contributed by atoms with Gasteiger partial charge in [-0.05, 0) is 42.8 Å².